The Morgan fingerprint density at radius 2 is 1.95 bits per heavy atom. The van der Waals surface area contributed by atoms with Gasteiger partial charge >= 0.3 is 0 Å². The van der Waals surface area contributed by atoms with E-state index in [4.69, 9.17) is 11.5 Å². The Hall–Kier alpha value is -2.64. The largest absolute Gasteiger partial charge is 0.382 e. The fourth-order valence-corrected chi connectivity index (χ4v) is 2.03. The molecule has 0 unspecified atom stereocenters. The standard InChI is InChI=1S/C11H14N8/c1-6(2)19-9-7(8(12)16-10(13)17-9)15-11(19)18-5-3-4-14-18/h3-6H,1-2H3,(H4,12,13,16,17). The second kappa shape index (κ2) is 3.94. The highest BCUT2D eigenvalue weighted by Gasteiger charge is 2.19. The van der Waals surface area contributed by atoms with Gasteiger partial charge in [0.05, 0.1) is 0 Å². The van der Waals surface area contributed by atoms with Crippen LogP contribution in [0.3, 0.4) is 0 Å². The van der Waals surface area contributed by atoms with E-state index in [-0.39, 0.29) is 17.8 Å². The molecule has 0 radical (unpaired) electrons. The molecule has 19 heavy (non-hydrogen) atoms. The zero-order valence-corrected chi connectivity index (χ0v) is 10.6. The van der Waals surface area contributed by atoms with Crippen molar-refractivity contribution in [2.24, 2.45) is 0 Å². The van der Waals surface area contributed by atoms with Crippen LogP contribution in [0.1, 0.15) is 19.9 Å². The average Bonchev–Trinajstić information content (AvgIpc) is 2.92. The van der Waals surface area contributed by atoms with Crippen LogP contribution in [0.15, 0.2) is 18.5 Å². The molecule has 0 aliphatic heterocycles. The van der Waals surface area contributed by atoms with Crippen molar-refractivity contribution in [3.8, 4) is 5.95 Å². The lowest BCUT2D eigenvalue weighted by Gasteiger charge is -2.11. The molecule has 0 fully saturated rings. The molecule has 0 atom stereocenters. The number of nitrogens with two attached hydrogens (primary N) is 2. The molecule has 0 aromatic carbocycles. The summed E-state index contributed by atoms with van der Waals surface area (Å²) in [5, 5.41) is 4.19. The number of hydrogen-bond acceptors (Lipinski definition) is 6. The minimum Gasteiger partial charge on any atom is -0.382 e. The van der Waals surface area contributed by atoms with Gasteiger partial charge in [0.1, 0.15) is 0 Å². The quantitative estimate of drug-likeness (QED) is 0.701. The summed E-state index contributed by atoms with van der Waals surface area (Å²) in [6.45, 7) is 4.06. The molecule has 0 aliphatic rings. The van der Waals surface area contributed by atoms with E-state index < -0.39 is 0 Å². The van der Waals surface area contributed by atoms with Crippen LogP contribution < -0.4 is 11.5 Å². The van der Waals surface area contributed by atoms with Gasteiger partial charge in [-0.25, -0.2) is 9.67 Å². The Morgan fingerprint density at radius 1 is 1.16 bits per heavy atom. The Labute approximate surface area is 109 Å². The van der Waals surface area contributed by atoms with Crippen molar-refractivity contribution in [1.29, 1.82) is 0 Å². The van der Waals surface area contributed by atoms with Gasteiger partial charge in [0.15, 0.2) is 17.0 Å². The van der Waals surface area contributed by atoms with E-state index in [1.54, 1.807) is 10.9 Å². The summed E-state index contributed by atoms with van der Waals surface area (Å²) in [4.78, 5) is 12.6. The molecule has 0 saturated heterocycles. The van der Waals surface area contributed by atoms with Crippen molar-refractivity contribution in [2.45, 2.75) is 19.9 Å². The molecule has 0 amide bonds. The molecule has 8 nitrogen and oxygen atoms in total. The SMILES string of the molecule is CC(C)n1c(-n2cccn2)nc2c(N)nc(N)nc21. The molecule has 98 valence electrons. The first-order chi connectivity index (χ1) is 9.08. The molecule has 0 bridgehead atoms. The molecule has 3 aromatic heterocycles. The highest BCUT2D eigenvalue weighted by atomic mass is 15.4. The number of nitrogen functional groups attached to an aromatic ring is 2. The summed E-state index contributed by atoms with van der Waals surface area (Å²) in [5.74, 6) is 1.05. The molecular formula is C11H14N8. The summed E-state index contributed by atoms with van der Waals surface area (Å²) >= 11 is 0. The van der Waals surface area contributed by atoms with Crippen LogP contribution in [0, 0.1) is 0 Å². The van der Waals surface area contributed by atoms with Crippen molar-refractivity contribution in [3.63, 3.8) is 0 Å². The zero-order valence-electron chi connectivity index (χ0n) is 10.6. The summed E-state index contributed by atoms with van der Waals surface area (Å²) in [6, 6.07) is 1.96. The van der Waals surface area contributed by atoms with E-state index in [2.05, 4.69) is 20.1 Å². The average molecular weight is 258 g/mol. The molecule has 0 spiro atoms. The molecule has 0 aliphatic carbocycles. The Bertz CT molecular complexity index is 725. The predicted octanol–water partition coefficient (Wildman–Crippen LogP) is 0.757. The number of aromatic nitrogens is 6. The van der Waals surface area contributed by atoms with E-state index in [1.807, 2.05) is 30.7 Å². The smallest absolute Gasteiger partial charge is 0.233 e. The first kappa shape index (κ1) is 11.5. The third kappa shape index (κ3) is 1.68. The monoisotopic (exact) mass is 258 g/mol. The number of hydrogen-bond donors (Lipinski definition) is 2. The Kier molecular flexibility index (Phi) is 2.37. The fourth-order valence-electron chi connectivity index (χ4n) is 2.03. The third-order valence-corrected chi connectivity index (χ3v) is 2.79. The second-order valence-corrected chi connectivity index (χ2v) is 4.47. The number of rotatable bonds is 2. The minimum atomic E-state index is 0.137. The second-order valence-electron chi connectivity index (χ2n) is 4.47. The summed E-state index contributed by atoms with van der Waals surface area (Å²) in [6.07, 6.45) is 3.50. The highest BCUT2D eigenvalue weighted by Crippen LogP contribution is 2.25. The van der Waals surface area contributed by atoms with Gasteiger partial charge in [-0.15, -0.1) is 0 Å². The van der Waals surface area contributed by atoms with E-state index in [0.29, 0.717) is 17.1 Å². The molecule has 3 rings (SSSR count). The van der Waals surface area contributed by atoms with E-state index in [9.17, 15) is 0 Å². The van der Waals surface area contributed by atoms with E-state index >= 15 is 0 Å². The first-order valence-electron chi connectivity index (χ1n) is 5.89. The molecule has 3 heterocycles. The molecule has 3 aromatic rings. The molecule has 8 heteroatoms. The van der Waals surface area contributed by atoms with Gasteiger partial charge in [-0.2, -0.15) is 15.1 Å². The van der Waals surface area contributed by atoms with Gasteiger partial charge in [0.2, 0.25) is 11.9 Å². The Balaban J connectivity index is 2.40. The van der Waals surface area contributed by atoms with Crippen LogP contribution >= 0.6 is 0 Å². The molecule has 4 N–H and O–H groups in total. The third-order valence-electron chi connectivity index (χ3n) is 2.79. The lowest BCUT2D eigenvalue weighted by Crippen LogP contribution is -2.10. The van der Waals surface area contributed by atoms with Crippen molar-refractivity contribution < 1.29 is 0 Å². The lowest BCUT2D eigenvalue weighted by molar-refractivity contribution is 0.583. The maximum absolute atomic E-state index is 5.86. The molecule has 0 saturated carbocycles. The topological polar surface area (TPSA) is 113 Å². The number of anilines is 2. The van der Waals surface area contributed by atoms with Crippen LogP contribution in [0.5, 0.6) is 0 Å². The van der Waals surface area contributed by atoms with E-state index in [0.717, 1.165) is 0 Å². The van der Waals surface area contributed by atoms with Crippen molar-refractivity contribution in [2.75, 3.05) is 11.5 Å². The van der Waals surface area contributed by atoms with Crippen LogP contribution in [0.4, 0.5) is 11.8 Å². The van der Waals surface area contributed by atoms with Gasteiger partial charge in [0, 0.05) is 18.4 Å². The predicted molar refractivity (Wildman–Crippen MR) is 71.7 cm³/mol. The maximum Gasteiger partial charge on any atom is 0.233 e. The van der Waals surface area contributed by atoms with Gasteiger partial charge < -0.3 is 11.5 Å². The number of fused-ring (bicyclic) bond motifs is 1. The number of imidazole rings is 1. The minimum absolute atomic E-state index is 0.137. The van der Waals surface area contributed by atoms with Crippen LogP contribution in [0.25, 0.3) is 17.1 Å². The summed E-state index contributed by atoms with van der Waals surface area (Å²) in [7, 11) is 0. The Morgan fingerprint density at radius 3 is 2.58 bits per heavy atom. The van der Waals surface area contributed by atoms with Crippen LogP contribution in [-0.2, 0) is 0 Å². The lowest BCUT2D eigenvalue weighted by atomic mass is 10.4. The van der Waals surface area contributed by atoms with Crippen molar-refractivity contribution in [1.82, 2.24) is 29.3 Å². The summed E-state index contributed by atoms with van der Waals surface area (Å²) in [5.41, 5.74) is 12.7. The first-order valence-corrected chi connectivity index (χ1v) is 5.89. The van der Waals surface area contributed by atoms with Crippen molar-refractivity contribution in [3.05, 3.63) is 18.5 Å². The van der Waals surface area contributed by atoms with Gasteiger partial charge in [-0.05, 0) is 19.9 Å². The summed E-state index contributed by atoms with van der Waals surface area (Å²) < 4.78 is 3.59. The van der Waals surface area contributed by atoms with Gasteiger partial charge in [0.25, 0.3) is 0 Å². The van der Waals surface area contributed by atoms with Gasteiger partial charge in [-0.1, -0.05) is 0 Å². The zero-order chi connectivity index (χ0) is 13.6. The highest BCUT2D eigenvalue weighted by molar-refractivity contribution is 5.84. The van der Waals surface area contributed by atoms with E-state index in [1.165, 1.54) is 0 Å². The van der Waals surface area contributed by atoms with Crippen molar-refractivity contribution >= 4 is 22.9 Å². The number of nitrogens with zero attached hydrogens (tertiary/aromatic N) is 6. The van der Waals surface area contributed by atoms with Crippen LogP contribution in [0.2, 0.25) is 0 Å². The maximum atomic E-state index is 5.86. The fraction of sp³-hybridized carbons (Fsp3) is 0.273. The normalized spacial score (nSPS) is 11.5. The van der Waals surface area contributed by atoms with Gasteiger partial charge in [-0.3, -0.25) is 4.57 Å². The molecular weight excluding hydrogens is 244 g/mol. The van der Waals surface area contributed by atoms with Crippen LogP contribution in [-0.4, -0.2) is 29.3 Å².